The summed E-state index contributed by atoms with van der Waals surface area (Å²) in [6.07, 6.45) is 0. The van der Waals surface area contributed by atoms with E-state index in [1.807, 2.05) is 0 Å². The van der Waals surface area contributed by atoms with Crippen molar-refractivity contribution in [2.24, 2.45) is 0 Å². The molecule has 0 spiro atoms. The van der Waals surface area contributed by atoms with Gasteiger partial charge in [-0.05, 0) is 13.0 Å². The van der Waals surface area contributed by atoms with Gasteiger partial charge in [0.15, 0.2) is 5.82 Å². The van der Waals surface area contributed by atoms with Crippen LogP contribution in [0.1, 0.15) is 11.7 Å². The Balaban J connectivity index is 2.16. The van der Waals surface area contributed by atoms with E-state index in [1.165, 1.54) is 12.1 Å². The van der Waals surface area contributed by atoms with Crippen LogP contribution in [0, 0.1) is 17.0 Å². The molecule has 0 saturated heterocycles. The fourth-order valence-electron chi connectivity index (χ4n) is 1.72. The van der Waals surface area contributed by atoms with E-state index >= 15 is 0 Å². The molecule has 1 aromatic carbocycles. The lowest BCUT2D eigenvalue weighted by Gasteiger charge is -2.12. The van der Waals surface area contributed by atoms with Gasteiger partial charge in [-0.2, -0.15) is 4.98 Å². The van der Waals surface area contributed by atoms with Crippen LogP contribution in [0.4, 0.5) is 17.1 Å². The molecule has 0 aliphatic heterocycles. The normalized spacial score (nSPS) is 10.4. The van der Waals surface area contributed by atoms with Crippen molar-refractivity contribution in [2.75, 3.05) is 23.8 Å². The van der Waals surface area contributed by atoms with Gasteiger partial charge >= 0.3 is 0 Å². The average Bonchev–Trinajstić information content (AvgIpc) is 2.88. The van der Waals surface area contributed by atoms with Crippen LogP contribution in [0.5, 0.6) is 0 Å². The molecule has 0 atom stereocenters. The van der Waals surface area contributed by atoms with Crippen molar-refractivity contribution in [3.8, 4) is 0 Å². The Morgan fingerprint density at radius 3 is 2.81 bits per heavy atom. The number of aliphatic hydroxyl groups is 1. The number of anilines is 2. The number of nitrogens with zero attached hydrogens (tertiary/aromatic N) is 3. The molecule has 0 aliphatic rings. The van der Waals surface area contributed by atoms with E-state index < -0.39 is 4.92 Å². The minimum Gasteiger partial charge on any atom is -0.395 e. The highest BCUT2D eigenvalue weighted by molar-refractivity contribution is 5.71. The smallest absolute Gasteiger partial charge is 0.271 e. The van der Waals surface area contributed by atoms with Crippen LogP contribution in [-0.2, 0) is 6.54 Å². The van der Waals surface area contributed by atoms with Crippen molar-refractivity contribution in [3.05, 3.63) is 40.0 Å². The minimum absolute atomic E-state index is 0.0336. The highest BCUT2D eigenvalue weighted by Crippen LogP contribution is 2.27. The number of nitro benzene ring substituents is 1. The van der Waals surface area contributed by atoms with Gasteiger partial charge in [0.25, 0.3) is 5.69 Å². The van der Waals surface area contributed by atoms with Gasteiger partial charge in [-0.3, -0.25) is 10.1 Å². The van der Waals surface area contributed by atoms with Gasteiger partial charge in [-0.25, -0.2) is 0 Å². The molecule has 0 radical (unpaired) electrons. The summed E-state index contributed by atoms with van der Waals surface area (Å²) in [4.78, 5) is 14.4. The number of nitrogens with one attached hydrogen (secondary N) is 2. The molecular weight excluding hydrogens is 278 g/mol. The number of aryl methyl sites for hydroxylation is 1. The predicted molar refractivity (Wildman–Crippen MR) is 75.0 cm³/mol. The first-order chi connectivity index (χ1) is 10.1. The summed E-state index contributed by atoms with van der Waals surface area (Å²) >= 11 is 0. The van der Waals surface area contributed by atoms with Gasteiger partial charge in [0.1, 0.15) is 0 Å². The van der Waals surface area contributed by atoms with Crippen LogP contribution >= 0.6 is 0 Å². The first-order valence-corrected chi connectivity index (χ1v) is 6.26. The third-order valence-electron chi connectivity index (χ3n) is 2.64. The Bertz CT molecular complexity index is 628. The lowest BCUT2D eigenvalue weighted by atomic mass is 10.2. The van der Waals surface area contributed by atoms with E-state index in [2.05, 4.69) is 20.8 Å². The Labute approximate surface area is 120 Å². The van der Waals surface area contributed by atoms with E-state index in [4.69, 9.17) is 9.63 Å². The summed E-state index contributed by atoms with van der Waals surface area (Å²) in [5.74, 6) is 0.900. The van der Waals surface area contributed by atoms with Crippen molar-refractivity contribution >= 4 is 17.1 Å². The van der Waals surface area contributed by atoms with Crippen LogP contribution in [-0.4, -0.2) is 33.3 Å². The zero-order valence-electron chi connectivity index (χ0n) is 11.4. The van der Waals surface area contributed by atoms with Crippen molar-refractivity contribution in [2.45, 2.75) is 13.5 Å². The topological polar surface area (TPSA) is 126 Å². The van der Waals surface area contributed by atoms with Crippen LogP contribution in [0.3, 0.4) is 0 Å². The molecule has 9 heteroatoms. The number of hydrogen-bond acceptors (Lipinski definition) is 8. The Hall–Kier alpha value is -2.68. The maximum Gasteiger partial charge on any atom is 0.271 e. The molecule has 0 amide bonds. The summed E-state index contributed by atoms with van der Waals surface area (Å²) in [5.41, 5.74) is 1.13. The summed E-state index contributed by atoms with van der Waals surface area (Å²) in [5, 5.41) is 29.3. The van der Waals surface area contributed by atoms with E-state index in [0.29, 0.717) is 29.6 Å². The molecule has 0 fully saturated rings. The monoisotopic (exact) mass is 293 g/mol. The molecule has 9 nitrogen and oxygen atoms in total. The molecule has 112 valence electrons. The molecule has 0 saturated carbocycles. The van der Waals surface area contributed by atoms with Crippen LogP contribution in [0.15, 0.2) is 22.7 Å². The van der Waals surface area contributed by atoms with Gasteiger partial charge in [-0.15, -0.1) is 0 Å². The molecule has 2 rings (SSSR count). The number of benzene rings is 1. The first kappa shape index (κ1) is 14.7. The van der Waals surface area contributed by atoms with Crippen molar-refractivity contribution in [1.29, 1.82) is 0 Å². The number of hydrogen-bond donors (Lipinski definition) is 3. The van der Waals surface area contributed by atoms with Gasteiger partial charge in [0.2, 0.25) is 5.89 Å². The number of rotatable bonds is 7. The van der Waals surface area contributed by atoms with Crippen molar-refractivity contribution in [1.82, 2.24) is 10.1 Å². The van der Waals surface area contributed by atoms with E-state index in [1.54, 1.807) is 13.0 Å². The Morgan fingerprint density at radius 2 is 2.19 bits per heavy atom. The molecule has 3 N–H and O–H groups in total. The number of aromatic nitrogens is 2. The largest absolute Gasteiger partial charge is 0.395 e. The number of non-ortho nitro benzene ring substituents is 1. The maximum absolute atomic E-state index is 10.8. The summed E-state index contributed by atoms with van der Waals surface area (Å²) < 4.78 is 4.97. The van der Waals surface area contributed by atoms with Gasteiger partial charge < -0.3 is 20.3 Å². The highest BCUT2D eigenvalue weighted by Gasteiger charge is 2.11. The van der Waals surface area contributed by atoms with Crippen LogP contribution in [0.25, 0.3) is 0 Å². The predicted octanol–water partition coefficient (Wildman–Crippen LogP) is 1.30. The van der Waals surface area contributed by atoms with Crippen molar-refractivity contribution < 1.29 is 14.6 Å². The number of aliphatic hydroxyl groups excluding tert-OH is 1. The third kappa shape index (κ3) is 3.89. The second-order valence-electron chi connectivity index (χ2n) is 4.23. The van der Waals surface area contributed by atoms with E-state index in [9.17, 15) is 10.1 Å². The van der Waals surface area contributed by atoms with Gasteiger partial charge in [-0.1, -0.05) is 5.16 Å². The molecular formula is C12H15N5O4. The minimum atomic E-state index is -0.474. The van der Waals surface area contributed by atoms with E-state index in [0.717, 1.165) is 0 Å². The van der Waals surface area contributed by atoms with Crippen molar-refractivity contribution in [3.63, 3.8) is 0 Å². The molecule has 2 aromatic rings. The quantitative estimate of drug-likeness (QED) is 0.515. The molecule has 1 heterocycles. The number of nitro groups is 1. The summed E-state index contributed by atoms with van der Waals surface area (Å²) in [6, 6.07) is 4.37. The molecule has 21 heavy (non-hydrogen) atoms. The standard InChI is InChI=1S/C12H15N5O4/c1-8-15-12(21-16-8)7-14-11-6-9(17(19)20)2-3-10(11)13-4-5-18/h2-3,6,13-14,18H,4-5,7H2,1H3. The molecule has 0 aliphatic carbocycles. The lowest BCUT2D eigenvalue weighted by Crippen LogP contribution is -2.09. The maximum atomic E-state index is 10.8. The Morgan fingerprint density at radius 1 is 1.38 bits per heavy atom. The zero-order valence-corrected chi connectivity index (χ0v) is 11.4. The SMILES string of the molecule is Cc1noc(CNc2cc([N+](=O)[O-])ccc2NCCO)n1. The first-order valence-electron chi connectivity index (χ1n) is 6.26. The zero-order chi connectivity index (χ0) is 15.2. The second kappa shape index (κ2) is 6.66. The third-order valence-corrected chi connectivity index (χ3v) is 2.64. The Kier molecular flexibility index (Phi) is 4.67. The fraction of sp³-hybridized carbons (Fsp3) is 0.333. The van der Waals surface area contributed by atoms with Crippen LogP contribution in [0.2, 0.25) is 0 Å². The average molecular weight is 293 g/mol. The molecule has 1 aromatic heterocycles. The summed E-state index contributed by atoms with van der Waals surface area (Å²) in [6.45, 7) is 2.25. The highest BCUT2D eigenvalue weighted by atomic mass is 16.6. The van der Waals surface area contributed by atoms with Crippen LogP contribution < -0.4 is 10.6 Å². The second-order valence-corrected chi connectivity index (χ2v) is 4.23. The molecule has 0 bridgehead atoms. The van der Waals surface area contributed by atoms with E-state index in [-0.39, 0.29) is 18.8 Å². The van der Waals surface area contributed by atoms with Gasteiger partial charge in [0, 0.05) is 18.7 Å². The summed E-state index contributed by atoms with van der Waals surface area (Å²) in [7, 11) is 0. The lowest BCUT2D eigenvalue weighted by molar-refractivity contribution is -0.384. The fourth-order valence-corrected chi connectivity index (χ4v) is 1.72. The molecule has 0 unspecified atom stereocenters. The van der Waals surface area contributed by atoms with Gasteiger partial charge in [0.05, 0.1) is 29.4 Å².